The molecule has 0 fully saturated rings. The zero-order valence-corrected chi connectivity index (χ0v) is 11.3. The van der Waals surface area contributed by atoms with Crippen molar-refractivity contribution in [1.82, 2.24) is 9.97 Å². The van der Waals surface area contributed by atoms with Crippen molar-refractivity contribution < 1.29 is 4.79 Å². The molecule has 4 heteroatoms. The molecule has 1 aromatic carbocycles. The Balaban J connectivity index is 2.14. The molecule has 0 aliphatic carbocycles. The van der Waals surface area contributed by atoms with Crippen molar-refractivity contribution in [1.29, 1.82) is 0 Å². The smallest absolute Gasteiger partial charge is 0.275 e. The number of aromatic nitrogens is 2. The van der Waals surface area contributed by atoms with Crippen molar-refractivity contribution in [3.05, 3.63) is 53.6 Å². The van der Waals surface area contributed by atoms with Crippen LogP contribution in [0.3, 0.4) is 0 Å². The van der Waals surface area contributed by atoms with Crippen LogP contribution in [0.5, 0.6) is 0 Å². The average molecular weight is 255 g/mol. The lowest BCUT2D eigenvalue weighted by Gasteiger charge is -2.09. The lowest BCUT2D eigenvalue weighted by molar-refractivity contribution is 0.102. The lowest BCUT2D eigenvalue weighted by atomic mass is 10.0. The minimum absolute atomic E-state index is 0.242. The number of anilines is 1. The summed E-state index contributed by atoms with van der Waals surface area (Å²) in [6.45, 7) is 6.07. The average Bonchev–Trinajstić information content (AvgIpc) is 2.39. The minimum atomic E-state index is -0.242. The van der Waals surface area contributed by atoms with Gasteiger partial charge in [0, 0.05) is 11.9 Å². The second-order valence-electron chi connectivity index (χ2n) is 4.78. The fourth-order valence-electron chi connectivity index (χ4n) is 1.68. The van der Waals surface area contributed by atoms with E-state index in [0.717, 1.165) is 11.4 Å². The number of rotatable bonds is 3. The van der Waals surface area contributed by atoms with E-state index in [1.807, 2.05) is 31.2 Å². The maximum absolute atomic E-state index is 12.0. The predicted octanol–water partition coefficient (Wildman–Crippen LogP) is 3.16. The summed E-state index contributed by atoms with van der Waals surface area (Å²) in [5, 5.41) is 2.83. The molecule has 2 aromatic rings. The summed E-state index contributed by atoms with van der Waals surface area (Å²) in [6.07, 6.45) is 3.07. The molecular formula is C15H17N3O. The third-order valence-electron chi connectivity index (χ3n) is 2.82. The Morgan fingerprint density at radius 1 is 1.21 bits per heavy atom. The van der Waals surface area contributed by atoms with Gasteiger partial charge in [0.1, 0.15) is 5.69 Å². The van der Waals surface area contributed by atoms with Gasteiger partial charge in [-0.15, -0.1) is 0 Å². The van der Waals surface area contributed by atoms with Gasteiger partial charge < -0.3 is 5.32 Å². The van der Waals surface area contributed by atoms with Gasteiger partial charge in [0.05, 0.1) is 11.9 Å². The highest BCUT2D eigenvalue weighted by molar-refractivity contribution is 6.02. The van der Waals surface area contributed by atoms with Gasteiger partial charge in [-0.25, -0.2) is 4.98 Å². The fraction of sp³-hybridized carbons (Fsp3) is 0.267. The van der Waals surface area contributed by atoms with E-state index < -0.39 is 0 Å². The number of amides is 1. The van der Waals surface area contributed by atoms with E-state index in [9.17, 15) is 4.79 Å². The zero-order valence-electron chi connectivity index (χ0n) is 11.3. The Kier molecular flexibility index (Phi) is 3.90. The minimum Gasteiger partial charge on any atom is -0.321 e. The molecule has 98 valence electrons. The molecule has 0 aliphatic rings. The number of benzene rings is 1. The predicted molar refractivity (Wildman–Crippen MR) is 75.3 cm³/mol. The van der Waals surface area contributed by atoms with Crippen molar-refractivity contribution in [3.63, 3.8) is 0 Å². The second kappa shape index (κ2) is 5.61. The van der Waals surface area contributed by atoms with Crippen molar-refractivity contribution >= 4 is 11.6 Å². The Hall–Kier alpha value is -2.23. The molecule has 0 atom stereocenters. The van der Waals surface area contributed by atoms with Gasteiger partial charge in [-0.05, 0) is 30.5 Å². The summed E-state index contributed by atoms with van der Waals surface area (Å²) in [7, 11) is 0. The normalized spacial score (nSPS) is 10.5. The largest absolute Gasteiger partial charge is 0.321 e. The summed E-state index contributed by atoms with van der Waals surface area (Å²) in [5.74, 6) is 0.185. The van der Waals surface area contributed by atoms with Gasteiger partial charge in [-0.1, -0.05) is 26.0 Å². The molecule has 1 aromatic heterocycles. The number of carbonyl (C=O) groups is 1. The van der Waals surface area contributed by atoms with Crippen LogP contribution in [0.4, 0.5) is 5.69 Å². The highest BCUT2D eigenvalue weighted by Crippen LogP contribution is 2.18. The van der Waals surface area contributed by atoms with Crippen molar-refractivity contribution in [2.24, 2.45) is 0 Å². The van der Waals surface area contributed by atoms with E-state index >= 15 is 0 Å². The zero-order chi connectivity index (χ0) is 13.8. The first-order chi connectivity index (χ1) is 9.06. The molecule has 1 amide bonds. The lowest BCUT2D eigenvalue weighted by Crippen LogP contribution is -2.14. The molecule has 0 bridgehead atoms. The van der Waals surface area contributed by atoms with Crippen LogP contribution in [-0.4, -0.2) is 15.9 Å². The molecule has 0 radical (unpaired) electrons. The van der Waals surface area contributed by atoms with E-state index in [1.54, 1.807) is 6.20 Å². The summed E-state index contributed by atoms with van der Waals surface area (Å²) in [6, 6.07) is 7.83. The number of hydrogen-bond acceptors (Lipinski definition) is 3. The molecule has 0 saturated carbocycles. The third-order valence-corrected chi connectivity index (χ3v) is 2.82. The fourth-order valence-corrected chi connectivity index (χ4v) is 1.68. The van der Waals surface area contributed by atoms with Crippen LogP contribution in [0.15, 0.2) is 36.7 Å². The van der Waals surface area contributed by atoms with Gasteiger partial charge in [0.2, 0.25) is 0 Å². The van der Waals surface area contributed by atoms with Crippen molar-refractivity contribution in [2.45, 2.75) is 26.7 Å². The van der Waals surface area contributed by atoms with Crippen LogP contribution in [0.2, 0.25) is 0 Å². The first kappa shape index (κ1) is 13.2. The highest BCUT2D eigenvalue weighted by Gasteiger charge is 2.08. The number of nitrogens with zero attached hydrogens (tertiary/aromatic N) is 2. The van der Waals surface area contributed by atoms with Gasteiger partial charge in [0.15, 0.2) is 0 Å². The third kappa shape index (κ3) is 3.37. The number of aryl methyl sites for hydroxylation is 1. The van der Waals surface area contributed by atoms with Crippen LogP contribution in [0.1, 0.15) is 41.5 Å². The Morgan fingerprint density at radius 3 is 2.63 bits per heavy atom. The van der Waals surface area contributed by atoms with E-state index in [1.165, 1.54) is 11.8 Å². The molecule has 1 N–H and O–H groups in total. The van der Waals surface area contributed by atoms with E-state index in [4.69, 9.17) is 0 Å². The van der Waals surface area contributed by atoms with Crippen LogP contribution >= 0.6 is 0 Å². The summed E-state index contributed by atoms with van der Waals surface area (Å²) >= 11 is 0. The molecule has 1 heterocycles. The first-order valence-electron chi connectivity index (χ1n) is 6.26. The Morgan fingerprint density at radius 2 is 2.00 bits per heavy atom. The quantitative estimate of drug-likeness (QED) is 0.916. The topological polar surface area (TPSA) is 54.9 Å². The maximum atomic E-state index is 12.0. The standard InChI is InChI=1S/C15H17N3O/c1-10(2)12-5-4-6-13(7-12)18-15(19)14-9-16-11(3)8-17-14/h4-10H,1-3H3,(H,18,19). The molecule has 0 saturated heterocycles. The molecule has 0 aliphatic heterocycles. The molecular weight excluding hydrogens is 238 g/mol. The van der Waals surface area contributed by atoms with Crippen LogP contribution in [-0.2, 0) is 0 Å². The number of hydrogen-bond donors (Lipinski definition) is 1. The summed E-state index contributed by atoms with van der Waals surface area (Å²) in [4.78, 5) is 20.1. The molecule has 0 unspecified atom stereocenters. The second-order valence-corrected chi connectivity index (χ2v) is 4.78. The maximum Gasteiger partial charge on any atom is 0.275 e. The first-order valence-corrected chi connectivity index (χ1v) is 6.26. The Bertz CT molecular complexity index is 576. The monoisotopic (exact) mass is 255 g/mol. The summed E-state index contributed by atoms with van der Waals surface area (Å²) in [5.41, 5.74) is 3.07. The van der Waals surface area contributed by atoms with Crippen molar-refractivity contribution in [3.8, 4) is 0 Å². The van der Waals surface area contributed by atoms with Gasteiger partial charge >= 0.3 is 0 Å². The van der Waals surface area contributed by atoms with Crippen LogP contribution < -0.4 is 5.32 Å². The van der Waals surface area contributed by atoms with Crippen LogP contribution in [0, 0.1) is 6.92 Å². The van der Waals surface area contributed by atoms with Gasteiger partial charge in [0.25, 0.3) is 5.91 Å². The molecule has 4 nitrogen and oxygen atoms in total. The molecule has 19 heavy (non-hydrogen) atoms. The number of carbonyl (C=O) groups excluding carboxylic acids is 1. The van der Waals surface area contributed by atoms with E-state index in [2.05, 4.69) is 29.1 Å². The van der Waals surface area contributed by atoms with Crippen molar-refractivity contribution in [2.75, 3.05) is 5.32 Å². The molecule has 2 rings (SSSR count). The number of nitrogens with one attached hydrogen (secondary N) is 1. The van der Waals surface area contributed by atoms with Gasteiger partial charge in [-0.3, -0.25) is 9.78 Å². The van der Waals surface area contributed by atoms with Crippen LogP contribution in [0.25, 0.3) is 0 Å². The van der Waals surface area contributed by atoms with E-state index in [0.29, 0.717) is 11.6 Å². The molecule has 0 spiro atoms. The van der Waals surface area contributed by atoms with E-state index in [-0.39, 0.29) is 5.91 Å². The van der Waals surface area contributed by atoms with Gasteiger partial charge in [-0.2, -0.15) is 0 Å². The SMILES string of the molecule is Cc1cnc(C(=O)Nc2cccc(C(C)C)c2)cn1. The summed E-state index contributed by atoms with van der Waals surface area (Å²) < 4.78 is 0. The highest BCUT2D eigenvalue weighted by atomic mass is 16.1. The Labute approximate surface area is 112 Å².